The Labute approximate surface area is 120 Å². The first-order valence-electron chi connectivity index (χ1n) is 6.70. The van der Waals surface area contributed by atoms with Crippen LogP contribution in [0.25, 0.3) is 0 Å². The number of anilines is 1. The lowest BCUT2D eigenvalue weighted by Crippen LogP contribution is -2.17. The van der Waals surface area contributed by atoms with Crippen LogP contribution in [0.1, 0.15) is 31.2 Å². The van der Waals surface area contributed by atoms with Gasteiger partial charge in [-0.2, -0.15) is 0 Å². The minimum Gasteiger partial charge on any atom is -0.384 e. The Hall–Kier alpha value is -1.10. The van der Waals surface area contributed by atoms with Gasteiger partial charge in [0, 0.05) is 28.3 Å². The molecule has 0 atom stereocenters. The van der Waals surface area contributed by atoms with E-state index in [1.54, 1.807) is 13.0 Å². The van der Waals surface area contributed by atoms with E-state index in [4.69, 9.17) is 0 Å². The number of rotatable bonds is 5. The number of halogens is 1. The molecule has 0 heterocycles. The lowest BCUT2D eigenvalue weighted by Gasteiger charge is -2.17. The maximum Gasteiger partial charge on any atom is 0.273 e. The molecule has 102 valence electrons. The van der Waals surface area contributed by atoms with Crippen LogP contribution in [0.2, 0.25) is 0 Å². The van der Waals surface area contributed by atoms with E-state index in [0.29, 0.717) is 11.0 Å². The molecule has 0 aliphatic heterocycles. The molecule has 5 heteroatoms. The molecule has 1 aromatic carbocycles. The summed E-state index contributed by atoms with van der Waals surface area (Å²) >= 11 is 3.42. The van der Waals surface area contributed by atoms with Crippen LogP contribution in [-0.4, -0.2) is 11.5 Å². The summed E-state index contributed by atoms with van der Waals surface area (Å²) < 4.78 is 0.774. The van der Waals surface area contributed by atoms with Gasteiger partial charge in [-0.15, -0.1) is 0 Å². The van der Waals surface area contributed by atoms with Gasteiger partial charge in [0.05, 0.1) is 4.92 Å². The van der Waals surface area contributed by atoms with Crippen LogP contribution in [0.3, 0.4) is 0 Å². The van der Waals surface area contributed by atoms with Gasteiger partial charge in [-0.1, -0.05) is 0 Å². The molecule has 0 unspecified atom stereocenters. The molecule has 3 rings (SSSR count). The first-order chi connectivity index (χ1) is 9.02. The van der Waals surface area contributed by atoms with Gasteiger partial charge in [-0.05, 0) is 65.9 Å². The van der Waals surface area contributed by atoms with Crippen molar-refractivity contribution < 1.29 is 4.92 Å². The second-order valence-electron chi connectivity index (χ2n) is 5.87. The molecular weight excluding hydrogens is 308 g/mol. The maximum absolute atomic E-state index is 10.9. The van der Waals surface area contributed by atoms with Crippen molar-refractivity contribution in [1.29, 1.82) is 0 Å². The largest absolute Gasteiger partial charge is 0.384 e. The van der Waals surface area contributed by atoms with E-state index in [0.717, 1.165) is 22.6 Å². The molecule has 0 amide bonds. The fraction of sp³-hybridized carbons (Fsp3) is 0.571. The SMILES string of the molecule is Cc1cc(NCC2(C3CC3)CC2)c(Br)cc1[N+](=O)[O-]. The lowest BCUT2D eigenvalue weighted by molar-refractivity contribution is -0.385. The molecule has 0 radical (unpaired) electrons. The van der Waals surface area contributed by atoms with E-state index in [1.807, 2.05) is 6.07 Å². The van der Waals surface area contributed by atoms with Crippen molar-refractivity contribution in [3.05, 3.63) is 32.3 Å². The number of nitro groups is 1. The van der Waals surface area contributed by atoms with Gasteiger partial charge >= 0.3 is 0 Å². The summed E-state index contributed by atoms with van der Waals surface area (Å²) in [4.78, 5) is 10.5. The third-order valence-corrected chi connectivity index (χ3v) is 5.10. The van der Waals surface area contributed by atoms with Gasteiger partial charge in [0.2, 0.25) is 0 Å². The van der Waals surface area contributed by atoms with Crippen molar-refractivity contribution >= 4 is 27.3 Å². The van der Waals surface area contributed by atoms with Gasteiger partial charge in [0.25, 0.3) is 5.69 Å². The predicted octanol–water partition coefficient (Wildman–Crippen LogP) is 4.27. The number of benzene rings is 1. The zero-order valence-electron chi connectivity index (χ0n) is 10.9. The second kappa shape index (κ2) is 4.47. The van der Waals surface area contributed by atoms with Crippen molar-refractivity contribution in [2.75, 3.05) is 11.9 Å². The van der Waals surface area contributed by atoms with Crippen LogP contribution in [0.5, 0.6) is 0 Å². The number of hydrogen-bond donors (Lipinski definition) is 1. The quantitative estimate of drug-likeness (QED) is 0.650. The predicted molar refractivity (Wildman–Crippen MR) is 78.4 cm³/mol. The second-order valence-corrected chi connectivity index (χ2v) is 6.72. The van der Waals surface area contributed by atoms with E-state index in [2.05, 4.69) is 21.2 Å². The highest BCUT2D eigenvalue weighted by molar-refractivity contribution is 9.10. The highest BCUT2D eigenvalue weighted by atomic mass is 79.9. The maximum atomic E-state index is 10.9. The van der Waals surface area contributed by atoms with E-state index in [-0.39, 0.29) is 10.6 Å². The fourth-order valence-corrected chi connectivity index (χ4v) is 3.33. The molecule has 0 aromatic heterocycles. The molecule has 19 heavy (non-hydrogen) atoms. The highest BCUT2D eigenvalue weighted by Crippen LogP contribution is 2.61. The standard InChI is InChI=1S/C14H17BrN2O2/c1-9-6-12(11(15)7-13(9)17(18)19)16-8-14(4-5-14)10-2-3-10/h6-7,10,16H,2-5,8H2,1H3. The smallest absolute Gasteiger partial charge is 0.273 e. The molecule has 0 bridgehead atoms. The number of nitrogens with zero attached hydrogens (tertiary/aromatic N) is 1. The Balaban J connectivity index is 1.74. The molecule has 1 aromatic rings. The normalized spacial score (nSPS) is 20.1. The van der Waals surface area contributed by atoms with Gasteiger partial charge < -0.3 is 5.32 Å². The minimum atomic E-state index is -0.337. The van der Waals surface area contributed by atoms with Crippen molar-refractivity contribution in [2.24, 2.45) is 11.3 Å². The van der Waals surface area contributed by atoms with Crippen LogP contribution in [0.15, 0.2) is 16.6 Å². The Morgan fingerprint density at radius 3 is 2.68 bits per heavy atom. The average Bonchev–Trinajstić information content (AvgIpc) is 3.22. The number of nitro benzene ring substituents is 1. The van der Waals surface area contributed by atoms with Crippen LogP contribution in [0.4, 0.5) is 11.4 Å². The summed E-state index contributed by atoms with van der Waals surface area (Å²) in [5, 5.41) is 14.3. The molecule has 0 spiro atoms. The molecule has 2 aliphatic rings. The summed E-state index contributed by atoms with van der Waals surface area (Å²) in [6.07, 6.45) is 5.41. The zero-order chi connectivity index (χ0) is 13.6. The van der Waals surface area contributed by atoms with Gasteiger partial charge in [-0.3, -0.25) is 10.1 Å². The van der Waals surface area contributed by atoms with Gasteiger partial charge in [0.15, 0.2) is 0 Å². The fourth-order valence-electron chi connectivity index (χ4n) is 2.86. The van der Waals surface area contributed by atoms with E-state index < -0.39 is 0 Å². The molecular formula is C14H17BrN2O2. The minimum absolute atomic E-state index is 0.167. The zero-order valence-corrected chi connectivity index (χ0v) is 12.5. The summed E-state index contributed by atoms with van der Waals surface area (Å²) in [5.41, 5.74) is 2.36. The highest BCUT2D eigenvalue weighted by Gasteiger charge is 2.53. The van der Waals surface area contributed by atoms with Crippen molar-refractivity contribution in [3.8, 4) is 0 Å². The summed E-state index contributed by atoms with van der Waals surface area (Å²) in [5.74, 6) is 0.915. The van der Waals surface area contributed by atoms with Crippen molar-refractivity contribution in [1.82, 2.24) is 0 Å². The van der Waals surface area contributed by atoms with E-state index in [1.165, 1.54) is 25.7 Å². The summed E-state index contributed by atoms with van der Waals surface area (Å²) in [7, 11) is 0. The number of aryl methyl sites for hydroxylation is 1. The van der Waals surface area contributed by atoms with Gasteiger partial charge in [-0.25, -0.2) is 0 Å². The third kappa shape index (κ3) is 2.48. The topological polar surface area (TPSA) is 55.2 Å². The van der Waals surface area contributed by atoms with Crippen molar-refractivity contribution in [3.63, 3.8) is 0 Å². The molecule has 2 fully saturated rings. The molecule has 1 N–H and O–H groups in total. The van der Waals surface area contributed by atoms with Crippen LogP contribution in [-0.2, 0) is 0 Å². The van der Waals surface area contributed by atoms with E-state index in [9.17, 15) is 10.1 Å². The molecule has 2 aliphatic carbocycles. The van der Waals surface area contributed by atoms with Crippen LogP contribution in [0, 0.1) is 28.4 Å². The van der Waals surface area contributed by atoms with Crippen molar-refractivity contribution in [2.45, 2.75) is 32.6 Å². The summed E-state index contributed by atoms with van der Waals surface area (Å²) in [6.45, 7) is 2.77. The molecule has 0 saturated heterocycles. The molecule has 4 nitrogen and oxygen atoms in total. The third-order valence-electron chi connectivity index (χ3n) is 4.45. The van der Waals surface area contributed by atoms with Crippen LogP contribution < -0.4 is 5.32 Å². The Morgan fingerprint density at radius 2 is 2.16 bits per heavy atom. The monoisotopic (exact) mass is 324 g/mol. The Bertz CT molecular complexity index is 536. The number of hydrogen-bond acceptors (Lipinski definition) is 3. The Kier molecular flexibility index (Phi) is 3.04. The van der Waals surface area contributed by atoms with Crippen LogP contribution >= 0.6 is 15.9 Å². The van der Waals surface area contributed by atoms with E-state index >= 15 is 0 Å². The Morgan fingerprint density at radius 1 is 1.47 bits per heavy atom. The molecule has 2 saturated carbocycles. The van der Waals surface area contributed by atoms with Gasteiger partial charge in [0.1, 0.15) is 0 Å². The first kappa shape index (κ1) is 12.9. The first-order valence-corrected chi connectivity index (χ1v) is 7.49. The summed E-state index contributed by atoms with van der Waals surface area (Å²) in [6, 6.07) is 3.46. The average molecular weight is 325 g/mol. The number of nitrogens with one attached hydrogen (secondary N) is 1. The lowest BCUT2D eigenvalue weighted by atomic mass is 10.0.